The summed E-state index contributed by atoms with van der Waals surface area (Å²) in [5.41, 5.74) is 1.25. The quantitative estimate of drug-likeness (QED) is 0.691. The fraction of sp³-hybridized carbons (Fsp3) is 0.462. The monoisotopic (exact) mass is 189 g/mol. The molecule has 1 aromatic rings. The van der Waals surface area contributed by atoms with Crippen LogP contribution < -0.4 is 4.74 Å². The van der Waals surface area contributed by atoms with Gasteiger partial charge < -0.3 is 4.74 Å². The molecule has 1 nitrogen and oxygen atoms in total. The van der Waals surface area contributed by atoms with Gasteiger partial charge in [-0.25, -0.2) is 0 Å². The van der Waals surface area contributed by atoms with Crippen LogP contribution in [0.2, 0.25) is 0 Å². The van der Waals surface area contributed by atoms with E-state index in [4.69, 9.17) is 4.74 Å². The largest absolute Gasteiger partial charge is 0.487 e. The summed E-state index contributed by atoms with van der Waals surface area (Å²) in [6.07, 6.45) is 5.61. The van der Waals surface area contributed by atoms with Gasteiger partial charge in [0.05, 0.1) is 0 Å². The smallest absolute Gasteiger partial charge is 0.123 e. The average Bonchev–Trinajstić information content (AvgIpc) is 2.17. The highest BCUT2D eigenvalue weighted by atomic mass is 16.5. The first-order valence-electron chi connectivity index (χ1n) is 5.35. The van der Waals surface area contributed by atoms with Gasteiger partial charge >= 0.3 is 0 Å². The number of fused-ring (bicyclic) bond motifs is 1. The van der Waals surface area contributed by atoms with Crippen molar-refractivity contribution in [1.29, 1.82) is 0 Å². The molecule has 0 amide bonds. The lowest BCUT2D eigenvalue weighted by atomic mass is 9.89. The first-order valence-corrected chi connectivity index (χ1v) is 5.35. The Kier molecular flexibility index (Phi) is 2.49. The topological polar surface area (TPSA) is 9.23 Å². The van der Waals surface area contributed by atoms with Crippen LogP contribution in [-0.4, -0.2) is 5.60 Å². The van der Waals surface area contributed by atoms with E-state index < -0.39 is 0 Å². The summed E-state index contributed by atoms with van der Waals surface area (Å²) in [6, 6.07) is 8.26. The van der Waals surface area contributed by atoms with Crippen LogP contribution >= 0.6 is 0 Å². The molecule has 14 heavy (non-hydrogen) atoms. The molecule has 0 saturated carbocycles. The van der Waals surface area contributed by atoms with Crippen molar-refractivity contribution in [2.45, 2.75) is 38.7 Å². The maximum Gasteiger partial charge on any atom is 0.123 e. The molecule has 0 aromatic heterocycles. The zero-order valence-electron chi connectivity index (χ0n) is 8.92. The lowest BCUT2D eigenvalue weighted by Crippen LogP contribution is -2.35. The van der Waals surface area contributed by atoms with Gasteiger partial charge in [0.25, 0.3) is 0 Å². The van der Waals surface area contributed by atoms with Crippen molar-refractivity contribution in [3.8, 4) is 5.75 Å². The molecule has 0 spiro atoms. The molecule has 0 saturated heterocycles. The third kappa shape index (κ3) is 1.77. The van der Waals surface area contributed by atoms with Crippen LogP contribution in [0.1, 0.15) is 38.7 Å². The van der Waals surface area contributed by atoms with E-state index in [9.17, 15) is 0 Å². The van der Waals surface area contributed by atoms with E-state index in [2.05, 4.69) is 38.5 Å². The van der Waals surface area contributed by atoms with Crippen molar-refractivity contribution in [2.24, 2.45) is 0 Å². The zero-order valence-corrected chi connectivity index (χ0v) is 8.92. The van der Waals surface area contributed by atoms with Gasteiger partial charge in [0.2, 0.25) is 0 Å². The van der Waals surface area contributed by atoms with Crippen LogP contribution in [0.3, 0.4) is 0 Å². The zero-order chi connectivity index (χ0) is 10.0. The lowest BCUT2D eigenvalue weighted by molar-refractivity contribution is 0.0685. The Balaban J connectivity index is 2.20. The molecule has 75 valence electrons. The number of rotatable bonds is 2. The van der Waals surface area contributed by atoms with Crippen LogP contribution in [-0.2, 0) is 0 Å². The summed E-state index contributed by atoms with van der Waals surface area (Å²) in [5, 5.41) is 0. The van der Waals surface area contributed by atoms with Crippen LogP contribution in [0.25, 0.3) is 0 Å². The minimum atomic E-state index is 0.0170. The normalized spacial score (nSPS) is 25.3. The Morgan fingerprint density at radius 3 is 2.93 bits per heavy atom. The van der Waals surface area contributed by atoms with E-state index in [0.29, 0.717) is 0 Å². The summed E-state index contributed by atoms with van der Waals surface area (Å²) in [6.45, 7) is 4.40. The van der Waals surface area contributed by atoms with Crippen molar-refractivity contribution in [2.75, 3.05) is 0 Å². The van der Waals surface area contributed by atoms with Gasteiger partial charge in [-0.3, -0.25) is 0 Å². The third-order valence-corrected chi connectivity index (χ3v) is 2.81. The molecular formula is C13H17O. The summed E-state index contributed by atoms with van der Waals surface area (Å²) < 4.78 is 6.03. The second-order valence-electron chi connectivity index (χ2n) is 4.25. The summed E-state index contributed by atoms with van der Waals surface area (Å²) in [7, 11) is 0. The Morgan fingerprint density at radius 2 is 2.14 bits per heavy atom. The predicted octanol–water partition coefficient (Wildman–Crippen LogP) is 3.58. The van der Waals surface area contributed by atoms with Crippen LogP contribution in [0.4, 0.5) is 0 Å². The standard InChI is InChI=1S/C13H17O/c1-3-9-13(2)10-8-11-6-4-5-7-12(11)14-13/h4-8H,3,9-10H2,1-2H3. The highest BCUT2D eigenvalue weighted by molar-refractivity contribution is 5.41. The Labute approximate surface area is 86.1 Å². The van der Waals surface area contributed by atoms with E-state index in [0.717, 1.165) is 18.6 Å². The first kappa shape index (κ1) is 9.57. The average molecular weight is 189 g/mol. The minimum Gasteiger partial charge on any atom is -0.487 e. The molecule has 1 heterocycles. The molecule has 0 bridgehead atoms. The molecule has 1 aromatic carbocycles. The van der Waals surface area contributed by atoms with Crippen molar-refractivity contribution in [3.63, 3.8) is 0 Å². The van der Waals surface area contributed by atoms with Gasteiger partial charge in [0.15, 0.2) is 0 Å². The number of para-hydroxylation sites is 1. The van der Waals surface area contributed by atoms with Gasteiger partial charge in [0.1, 0.15) is 11.4 Å². The third-order valence-electron chi connectivity index (χ3n) is 2.81. The van der Waals surface area contributed by atoms with Crippen molar-refractivity contribution < 1.29 is 4.74 Å². The minimum absolute atomic E-state index is 0.0170. The molecule has 1 aliphatic heterocycles. The highest BCUT2D eigenvalue weighted by Gasteiger charge is 2.30. The van der Waals surface area contributed by atoms with E-state index >= 15 is 0 Å². The fourth-order valence-corrected chi connectivity index (χ4v) is 2.06. The molecule has 1 unspecified atom stereocenters. The molecule has 0 aliphatic carbocycles. The maximum atomic E-state index is 6.03. The molecule has 0 N–H and O–H groups in total. The number of ether oxygens (including phenoxy) is 1. The van der Waals surface area contributed by atoms with Crippen molar-refractivity contribution >= 4 is 0 Å². The first-order chi connectivity index (χ1) is 6.73. The second kappa shape index (κ2) is 3.64. The maximum absolute atomic E-state index is 6.03. The lowest BCUT2D eigenvalue weighted by Gasteiger charge is -2.35. The molecule has 0 fully saturated rings. The fourth-order valence-electron chi connectivity index (χ4n) is 2.06. The Hall–Kier alpha value is -0.980. The molecule has 1 heteroatoms. The molecule has 1 aliphatic rings. The summed E-state index contributed by atoms with van der Waals surface area (Å²) in [4.78, 5) is 0. The van der Waals surface area contributed by atoms with Crippen molar-refractivity contribution in [3.05, 3.63) is 36.2 Å². The van der Waals surface area contributed by atoms with Gasteiger partial charge in [-0.2, -0.15) is 0 Å². The molecule has 1 atom stereocenters. The van der Waals surface area contributed by atoms with E-state index in [1.807, 2.05) is 6.07 Å². The van der Waals surface area contributed by atoms with Gasteiger partial charge in [-0.05, 0) is 37.8 Å². The molecule has 1 radical (unpaired) electrons. The van der Waals surface area contributed by atoms with Crippen LogP contribution in [0.15, 0.2) is 24.3 Å². The number of hydrogen-bond donors (Lipinski definition) is 0. The van der Waals surface area contributed by atoms with Crippen LogP contribution in [0.5, 0.6) is 5.75 Å². The van der Waals surface area contributed by atoms with Crippen molar-refractivity contribution in [1.82, 2.24) is 0 Å². The second-order valence-corrected chi connectivity index (χ2v) is 4.25. The van der Waals surface area contributed by atoms with Gasteiger partial charge in [-0.1, -0.05) is 31.5 Å². The summed E-state index contributed by atoms with van der Waals surface area (Å²) in [5.74, 6) is 1.04. The van der Waals surface area contributed by atoms with E-state index in [1.165, 1.54) is 12.0 Å². The molecule has 2 rings (SSSR count). The highest BCUT2D eigenvalue weighted by Crippen LogP contribution is 2.36. The summed E-state index contributed by atoms with van der Waals surface area (Å²) >= 11 is 0. The molecular weight excluding hydrogens is 172 g/mol. The van der Waals surface area contributed by atoms with E-state index in [-0.39, 0.29) is 5.60 Å². The van der Waals surface area contributed by atoms with Gasteiger partial charge in [-0.15, -0.1) is 0 Å². The number of benzene rings is 1. The number of hydrogen-bond acceptors (Lipinski definition) is 1. The Morgan fingerprint density at radius 1 is 1.36 bits per heavy atom. The Bertz CT molecular complexity index is 319. The van der Waals surface area contributed by atoms with Gasteiger partial charge in [0, 0.05) is 0 Å². The predicted molar refractivity (Wildman–Crippen MR) is 58.4 cm³/mol. The van der Waals surface area contributed by atoms with Crippen LogP contribution in [0, 0.1) is 6.42 Å². The SMILES string of the molecule is CCCC1(C)C[CH]c2ccccc2O1. The van der Waals surface area contributed by atoms with E-state index in [1.54, 1.807) is 0 Å².